The lowest BCUT2D eigenvalue weighted by Crippen LogP contribution is -2.45. The normalized spacial score (nSPS) is 19.8. The predicted octanol–water partition coefficient (Wildman–Crippen LogP) is 1.68. The number of hydrogen-bond donors (Lipinski definition) is 1. The summed E-state index contributed by atoms with van der Waals surface area (Å²) < 4.78 is 5.88. The Morgan fingerprint density at radius 1 is 1.35 bits per heavy atom. The van der Waals surface area contributed by atoms with Crippen molar-refractivity contribution in [1.82, 2.24) is 15.2 Å². The van der Waals surface area contributed by atoms with Gasteiger partial charge in [0.25, 0.3) is 0 Å². The smallest absolute Gasteiger partial charge is 0.244 e. The molecule has 2 aliphatic heterocycles. The van der Waals surface area contributed by atoms with Gasteiger partial charge >= 0.3 is 0 Å². The molecule has 0 saturated carbocycles. The topological polar surface area (TPSA) is 58.4 Å². The van der Waals surface area contributed by atoms with E-state index in [0.29, 0.717) is 19.5 Å². The highest BCUT2D eigenvalue weighted by molar-refractivity contribution is 5.84. The van der Waals surface area contributed by atoms with Crippen LogP contribution in [-0.2, 0) is 24.2 Å². The number of amides is 1. The van der Waals surface area contributed by atoms with Crippen LogP contribution in [0.15, 0.2) is 46.9 Å². The maximum atomic E-state index is 12.5. The molecule has 2 aromatic rings. The van der Waals surface area contributed by atoms with Crippen molar-refractivity contribution in [3.05, 3.63) is 65.4 Å². The highest BCUT2D eigenvalue weighted by Crippen LogP contribution is 2.22. The Morgan fingerprint density at radius 2 is 2.22 bits per heavy atom. The first-order valence-corrected chi connectivity index (χ1v) is 8.00. The van der Waals surface area contributed by atoms with E-state index in [1.54, 1.807) is 0 Å². The molecule has 0 radical (unpaired) electrons. The summed E-state index contributed by atoms with van der Waals surface area (Å²) in [6.07, 6.45) is 5.35. The molecule has 1 amide bonds. The number of rotatable bonds is 3. The maximum absolute atomic E-state index is 12.5. The van der Waals surface area contributed by atoms with Crippen molar-refractivity contribution < 1.29 is 9.21 Å². The van der Waals surface area contributed by atoms with E-state index in [9.17, 15) is 4.79 Å². The number of benzene rings is 1. The number of aromatic nitrogens is 1. The molecule has 1 unspecified atom stereocenters. The Morgan fingerprint density at radius 3 is 3.00 bits per heavy atom. The largest absolute Gasteiger partial charge is 0.445 e. The molecule has 0 bridgehead atoms. The van der Waals surface area contributed by atoms with Crippen LogP contribution >= 0.6 is 0 Å². The second kappa shape index (κ2) is 6.01. The third-order valence-electron chi connectivity index (χ3n) is 4.33. The molecule has 0 aliphatic carbocycles. The first kappa shape index (κ1) is 14.2. The molecule has 1 N–H and O–H groups in total. The van der Waals surface area contributed by atoms with Crippen LogP contribution in [0, 0.1) is 0 Å². The quantitative estimate of drug-likeness (QED) is 0.877. The van der Waals surface area contributed by atoms with Crippen LogP contribution in [0.1, 0.15) is 22.9 Å². The molecule has 0 fully saturated rings. The average Bonchev–Trinajstić information content (AvgIpc) is 3.23. The van der Waals surface area contributed by atoms with E-state index in [1.807, 2.05) is 35.3 Å². The number of nitrogens with zero attached hydrogens (tertiary/aromatic N) is 2. The van der Waals surface area contributed by atoms with Gasteiger partial charge in [-0.1, -0.05) is 42.5 Å². The molecule has 4 rings (SSSR count). The molecule has 5 heteroatoms. The van der Waals surface area contributed by atoms with Crippen LogP contribution < -0.4 is 5.32 Å². The van der Waals surface area contributed by atoms with Gasteiger partial charge in [-0.05, 0) is 5.56 Å². The summed E-state index contributed by atoms with van der Waals surface area (Å²) in [6, 6.07) is 9.97. The zero-order valence-electron chi connectivity index (χ0n) is 12.9. The van der Waals surface area contributed by atoms with Gasteiger partial charge in [-0.25, -0.2) is 4.98 Å². The third kappa shape index (κ3) is 2.92. The number of nitrogens with one attached hydrogen (secondary N) is 1. The van der Waals surface area contributed by atoms with Crippen molar-refractivity contribution in [1.29, 1.82) is 0 Å². The molecule has 1 aromatic heterocycles. The van der Waals surface area contributed by atoms with E-state index < -0.39 is 0 Å². The molecule has 3 heterocycles. The summed E-state index contributed by atoms with van der Waals surface area (Å²) in [5, 5.41) is 3.17. The molecule has 23 heavy (non-hydrogen) atoms. The molecular weight excluding hydrogens is 290 g/mol. The van der Waals surface area contributed by atoms with Crippen molar-refractivity contribution in [2.75, 3.05) is 13.1 Å². The summed E-state index contributed by atoms with van der Waals surface area (Å²) >= 11 is 0. The zero-order valence-corrected chi connectivity index (χ0v) is 12.9. The molecule has 0 saturated heterocycles. The average molecular weight is 309 g/mol. The first-order valence-electron chi connectivity index (χ1n) is 8.00. The number of hydrogen-bond acceptors (Lipinski definition) is 4. The Hall–Kier alpha value is -2.40. The Labute approximate surface area is 135 Å². The highest BCUT2D eigenvalue weighted by Gasteiger charge is 2.29. The monoisotopic (exact) mass is 309 g/mol. The molecule has 118 valence electrons. The van der Waals surface area contributed by atoms with Crippen molar-refractivity contribution >= 4 is 5.91 Å². The van der Waals surface area contributed by atoms with Crippen molar-refractivity contribution in [2.45, 2.75) is 25.4 Å². The van der Waals surface area contributed by atoms with Crippen LogP contribution in [-0.4, -0.2) is 34.9 Å². The lowest BCUT2D eigenvalue weighted by atomic mass is 10.1. The van der Waals surface area contributed by atoms with Crippen LogP contribution in [0.4, 0.5) is 0 Å². The van der Waals surface area contributed by atoms with Crippen LogP contribution in [0.2, 0.25) is 0 Å². The van der Waals surface area contributed by atoms with Gasteiger partial charge in [0, 0.05) is 25.9 Å². The molecular formula is C18H19N3O2. The van der Waals surface area contributed by atoms with Crippen LogP contribution in [0.5, 0.6) is 0 Å². The standard InChI is InChI=1S/C18H19N3O2/c22-18(14-7-4-9-19-14)21-10-8-16-15(12-21)20-17(23-16)11-13-5-2-1-3-6-13/h1-7,14,19H,8-12H2. The van der Waals surface area contributed by atoms with E-state index >= 15 is 0 Å². The lowest BCUT2D eigenvalue weighted by molar-refractivity contribution is -0.133. The molecule has 0 spiro atoms. The summed E-state index contributed by atoms with van der Waals surface area (Å²) in [7, 11) is 0. The first-order chi connectivity index (χ1) is 11.3. The number of carbonyl (C=O) groups is 1. The third-order valence-corrected chi connectivity index (χ3v) is 4.33. The van der Waals surface area contributed by atoms with Gasteiger partial charge in [0.05, 0.1) is 6.54 Å². The van der Waals surface area contributed by atoms with E-state index in [2.05, 4.69) is 22.4 Å². The van der Waals surface area contributed by atoms with Gasteiger partial charge in [-0.3, -0.25) is 10.1 Å². The van der Waals surface area contributed by atoms with E-state index in [1.165, 1.54) is 5.56 Å². The van der Waals surface area contributed by atoms with Gasteiger partial charge in [0.1, 0.15) is 17.5 Å². The number of oxazole rings is 1. The molecule has 5 nitrogen and oxygen atoms in total. The van der Waals surface area contributed by atoms with Gasteiger partial charge in [-0.15, -0.1) is 0 Å². The van der Waals surface area contributed by atoms with E-state index in [4.69, 9.17) is 4.42 Å². The van der Waals surface area contributed by atoms with Gasteiger partial charge in [0.2, 0.25) is 5.91 Å². The lowest BCUT2D eigenvalue weighted by Gasteiger charge is -2.27. The van der Waals surface area contributed by atoms with Crippen molar-refractivity contribution in [3.8, 4) is 0 Å². The number of fused-ring (bicyclic) bond motifs is 1. The van der Waals surface area contributed by atoms with E-state index in [0.717, 1.165) is 30.3 Å². The van der Waals surface area contributed by atoms with Crippen LogP contribution in [0.3, 0.4) is 0 Å². The minimum atomic E-state index is -0.188. The summed E-state index contributed by atoms with van der Waals surface area (Å²) in [5.41, 5.74) is 2.08. The highest BCUT2D eigenvalue weighted by atomic mass is 16.4. The Kier molecular flexibility index (Phi) is 3.71. The maximum Gasteiger partial charge on any atom is 0.244 e. The van der Waals surface area contributed by atoms with Crippen molar-refractivity contribution in [3.63, 3.8) is 0 Å². The fourth-order valence-electron chi connectivity index (χ4n) is 3.12. The second-order valence-corrected chi connectivity index (χ2v) is 5.96. The fourth-order valence-corrected chi connectivity index (χ4v) is 3.12. The minimum Gasteiger partial charge on any atom is -0.445 e. The van der Waals surface area contributed by atoms with Gasteiger partial charge < -0.3 is 9.32 Å². The predicted molar refractivity (Wildman–Crippen MR) is 85.8 cm³/mol. The van der Waals surface area contributed by atoms with Gasteiger partial charge in [0.15, 0.2) is 5.89 Å². The molecule has 2 aliphatic rings. The van der Waals surface area contributed by atoms with Crippen molar-refractivity contribution in [2.24, 2.45) is 0 Å². The Balaban J connectivity index is 1.47. The molecule has 1 atom stereocenters. The summed E-state index contributed by atoms with van der Waals surface area (Å²) in [6.45, 7) is 2.00. The Bertz CT molecular complexity index is 736. The second-order valence-electron chi connectivity index (χ2n) is 5.96. The zero-order chi connectivity index (χ0) is 15.6. The van der Waals surface area contributed by atoms with Crippen LogP contribution in [0.25, 0.3) is 0 Å². The van der Waals surface area contributed by atoms with E-state index in [-0.39, 0.29) is 11.9 Å². The summed E-state index contributed by atoms with van der Waals surface area (Å²) in [4.78, 5) is 18.9. The SMILES string of the molecule is O=C(C1C=CCN1)N1CCc2oc(Cc3ccccc3)nc2C1. The molecule has 1 aromatic carbocycles. The number of carbonyl (C=O) groups excluding carboxylic acids is 1. The summed E-state index contributed by atoms with van der Waals surface area (Å²) in [5.74, 6) is 1.78. The minimum absolute atomic E-state index is 0.122. The fraction of sp³-hybridized carbons (Fsp3) is 0.333. The van der Waals surface area contributed by atoms with Gasteiger partial charge in [-0.2, -0.15) is 0 Å².